The average Bonchev–Trinajstić information content (AvgIpc) is 2.86. The van der Waals surface area contributed by atoms with Gasteiger partial charge in [0.2, 0.25) is 10.0 Å². The summed E-state index contributed by atoms with van der Waals surface area (Å²) in [5.41, 5.74) is 2.55. The minimum atomic E-state index is -3.72. The normalized spacial score (nSPS) is 11.9. The van der Waals surface area contributed by atoms with Gasteiger partial charge in [0.25, 0.3) is 0 Å². The van der Waals surface area contributed by atoms with Gasteiger partial charge in [0.05, 0.1) is 15.9 Å². The summed E-state index contributed by atoms with van der Waals surface area (Å²) in [5.74, 6) is 0.837. The van der Waals surface area contributed by atoms with Gasteiger partial charge in [-0.15, -0.1) is 0 Å². The van der Waals surface area contributed by atoms with E-state index in [4.69, 9.17) is 5.14 Å². The molecule has 0 spiro atoms. The molecule has 1 heterocycles. The van der Waals surface area contributed by atoms with E-state index in [1.165, 1.54) is 12.1 Å². The van der Waals surface area contributed by atoms with Crippen LogP contribution in [-0.2, 0) is 16.6 Å². The van der Waals surface area contributed by atoms with E-state index >= 15 is 0 Å². The number of aromatic nitrogens is 2. The van der Waals surface area contributed by atoms with Crippen molar-refractivity contribution >= 4 is 21.1 Å². The molecule has 5 nitrogen and oxygen atoms in total. The van der Waals surface area contributed by atoms with Crippen LogP contribution in [-0.4, -0.2) is 18.0 Å². The number of nitrogens with two attached hydrogens (primary N) is 1. The van der Waals surface area contributed by atoms with Crippen molar-refractivity contribution in [2.45, 2.75) is 24.8 Å². The molecule has 0 fully saturated rings. The number of imidazole rings is 1. The molecule has 0 aliphatic carbocycles. The lowest BCUT2D eigenvalue weighted by Crippen LogP contribution is -2.11. The van der Waals surface area contributed by atoms with Gasteiger partial charge >= 0.3 is 0 Å². The maximum atomic E-state index is 11.5. The van der Waals surface area contributed by atoms with Crippen LogP contribution in [0.3, 0.4) is 0 Å². The molecule has 3 rings (SSSR count). The number of benzene rings is 2. The fourth-order valence-corrected chi connectivity index (χ4v) is 3.08. The van der Waals surface area contributed by atoms with Crippen LogP contribution in [0.15, 0.2) is 53.4 Å². The largest absolute Gasteiger partial charge is 0.324 e. The summed E-state index contributed by atoms with van der Waals surface area (Å²) in [4.78, 5) is 4.70. The van der Waals surface area contributed by atoms with Crippen molar-refractivity contribution in [1.29, 1.82) is 0 Å². The van der Waals surface area contributed by atoms with Gasteiger partial charge < -0.3 is 4.57 Å². The summed E-state index contributed by atoms with van der Waals surface area (Å²) >= 11 is 0. The summed E-state index contributed by atoms with van der Waals surface area (Å²) in [7, 11) is -3.72. The number of primary sulfonamides is 1. The molecule has 0 aliphatic heterocycles. The fraction of sp³-hybridized carbons (Fsp3) is 0.188. The first-order chi connectivity index (χ1) is 10.5. The van der Waals surface area contributed by atoms with Crippen LogP contribution in [0.5, 0.6) is 0 Å². The highest BCUT2D eigenvalue weighted by molar-refractivity contribution is 7.89. The summed E-state index contributed by atoms with van der Waals surface area (Å²) < 4.78 is 25.1. The molecule has 22 heavy (non-hydrogen) atoms. The molecule has 0 atom stereocenters. The molecule has 1 aromatic heterocycles. The highest BCUT2D eigenvalue weighted by atomic mass is 32.2. The average molecular weight is 315 g/mol. The number of hydrogen-bond donors (Lipinski definition) is 1. The molecule has 0 saturated heterocycles. The number of sulfonamides is 1. The number of nitrogens with zero attached hydrogens (tertiary/aromatic N) is 2. The second-order valence-corrected chi connectivity index (χ2v) is 6.71. The highest BCUT2D eigenvalue weighted by Crippen LogP contribution is 2.26. The molecule has 0 radical (unpaired) electrons. The third kappa shape index (κ3) is 2.63. The summed E-state index contributed by atoms with van der Waals surface area (Å²) in [6.45, 7) is 2.91. The van der Waals surface area contributed by atoms with E-state index in [9.17, 15) is 8.42 Å². The van der Waals surface area contributed by atoms with E-state index in [1.54, 1.807) is 6.07 Å². The Balaban J connectivity index is 2.26. The molecule has 0 amide bonds. The first-order valence-electron chi connectivity index (χ1n) is 7.09. The molecule has 6 heteroatoms. The minimum Gasteiger partial charge on any atom is -0.324 e. The molecule has 2 aromatic carbocycles. The van der Waals surface area contributed by atoms with E-state index in [-0.39, 0.29) is 4.90 Å². The van der Waals surface area contributed by atoms with Crippen LogP contribution in [0.1, 0.15) is 13.3 Å². The zero-order valence-electron chi connectivity index (χ0n) is 12.2. The lowest BCUT2D eigenvalue weighted by atomic mass is 10.2. The topological polar surface area (TPSA) is 78.0 Å². The first-order valence-corrected chi connectivity index (χ1v) is 8.64. The number of hydrogen-bond acceptors (Lipinski definition) is 3. The molecule has 3 aromatic rings. The Hall–Kier alpha value is -2.18. The van der Waals surface area contributed by atoms with Gasteiger partial charge in [0, 0.05) is 12.1 Å². The summed E-state index contributed by atoms with van der Waals surface area (Å²) in [6.07, 6.45) is 0.961. The molecule has 0 saturated carbocycles. The Labute approximate surface area is 129 Å². The van der Waals surface area contributed by atoms with E-state index < -0.39 is 10.0 Å². The monoisotopic (exact) mass is 315 g/mol. The first kappa shape index (κ1) is 14.7. The number of aryl methyl sites for hydroxylation is 1. The maximum absolute atomic E-state index is 11.5. The summed E-state index contributed by atoms with van der Waals surface area (Å²) in [6, 6.07) is 14.7. The lowest BCUT2D eigenvalue weighted by Gasteiger charge is -2.07. The van der Waals surface area contributed by atoms with Crippen molar-refractivity contribution in [2.24, 2.45) is 5.14 Å². The second kappa shape index (κ2) is 5.55. The van der Waals surface area contributed by atoms with Crippen LogP contribution in [0.2, 0.25) is 0 Å². The SMILES string of the molecule is CCCn1c(-c2ccccc2)nc2cc(S(N)(=O)=O)ccc21. The predicted octanol–water partition coefficient (Wildman–Crippen LogP) is 2.76. The van der Waals surface area contributed by atoms with Crippen LogP contribution in [0.25, 0.3) is 22.4 Å². The van der Waals surface area contributed by atoms with Crippen molar-refractivity contribution in [1.82, 2.24) is 9.55 Å². The van der Waals surface area contributed by atoms with Gasteiger partial charge in [-0.05, 0) is 24.6 Å². The molecule has 114 valence electrons. The molecule has 0 aliphatic rings. The number of rotatable bonds is 4. The Bertz CT molecular complexity index is 915. The Kier molecular flexibility index (Phi) is 3.72. The van der Waals surface area contributed by atoms with E-state index in [2.05, 4.69) is 16.5 Å². The second-order valence-electron chi connectivity index (χ2n) is 5.15. The van der Waals surface area contributed by atoms with Crippen LogP contribution < -0.4 is 5.14 Å². The molecule has 0 bridgehead atoms. The lowest BCUT2D eigenvalue weighted by molar-refractivity contribution is 0.598. The van der Waals surface area contributed by atoms with Crippen molar-refractivity contribution in [3.8, 4) is 11.4 Å². The summed E-state index contributed by atoms with van der Waals surface area (Å²) in [5, 5.41) is 5.20. The van der Waals surface area contributed by atoms with Crippen molar-refractivity contribution in [2.75, 3.05) is 0 Å². The van der Waals surface area contributed by atoms with Gasteiger partial charge in [-0.1, -0.05) is 37.3 Å². The van der Waals surface area contributed by atoms with Gasteiger partial charge in [0.1, 0.15) is 5.82 Å². The zero-order chi connectivity index (χ0) is 15.7. The predicted molar refractivity (Wildman–Crippen MR) is 86.8 cm³/mol. The fourth-order valence-electron chi connectivity index (χ4n) is 2.54. The van der Waals surface area contributed by atoms with Crippen LogP contribution in [0.4, 0.5) is 0 Å². The van der Waals surface area contributed by atoms with Crippen LogP contribution >= 0.6 is 0 Å². The van der Waals surface area contributed by atoms with E-state index in [0.717, 1.165) is 29.9 Å². The van der Waals surface area contributed by atoms with Crippen molar-refractivity contribution in [3.05, 3.63) is 48.5 Å². The third-order valence-corrected chi connectivity index (χ3v) is 4.44. The molecular formula is C16H17N3O2S. The Morgan fingerprint density at radius 2 is 1.86 bits per heavy atom. The molecule has 0 unspecified atom stereocenters. The van der Waals surface area contributed by atoms with Gasteiger partial charge in [-0.2, -0.15) is 0 Å². The third-order valence-electron chi connectivity index (χ3n) is 3.53. The van der Waals surface area contributed by atoms with Gasteiger partial charge in [-0.25, -0.2) is 18.5 Å². The zero-order valence-corrected chi connectivity index (χ0v) is 13.0. The molecular weight excluding hydrogens is 298 g/mol. The van der Waals surface area contributed by atoms with Gasteiger partial charge in [0.15, 0.2) is 0 Å². The Morgan fingerprint density at radius 1 is 1.14 bits per heavy atom. The minimum absolute atomic E-state index is 0.0840. The standard InChI is InChI=1S/C16H17N3O2S/c1-2-10-19-15-9-8-13(22(17,20)21)11-14(15)18-16(19)12-6-4-3-5-7-12/h3-9,11H,2,10H2,1H3,(H2,17,20,21). The van der Waals surface area contributed by atoms with Crippen molar-refractivity contribution < 1.29 is 8.42 Å². The maximum Gasteiger partial charge on any atom is 0.238 e. The van der Waals surface area contributed by atoms with E-state index in [0.29, 0.717) is 5.52 Å². The smallest absolute Gasteiger partial charge is 0.238 e. The highest BCUT2D eigenvalue weighted by Gasteiger charge is 2.15. The quantitative estimate of drug-likeness (QED) is 0.804. The van der Waals surface area contributed by atoms with Crippen molar-refractivity contribution in [3.63, 3.8) is 0 Å². The van der Waals surface area contributed by atoms with Crippen LogP contribution in [0, 0.1) is 0 Å². The number of fused-ring (bicyclic) bond motifs is 1. The van der Waals surface area contributed by atoms with E-state index in [1.807, 2.05) is 30.3 Å². The Morgan fingerprint density at radius 3 is 2.50 bits per heavy atom. The molecule has 2 N–H and O–H groups in total. The van der Waals surface area contributed by atoms with Gasteiger partial charge in [-0.3, -0.25) is 0 Å².